The molecule has 0 aliphatic carbocycles. The maximum absolute atomic E-state index is 13.0. The molecule has 0 radical (unpaired) electrons. The minimum absolute atomic E-state index is 0.0808. The molecular formula is C32H38O4. The molecule has 0 amide bonds. The van der Waals surface area contributed by atoms with Crippen LogP contribution in [0.4, 0.5) is 0 Å². The van der Waals surface area contributed by atoms with E-state index in [1.54, 1.807) is 30.3 Å². The fraction of sp³-hybridized carbons (Fsp3) is 0.375. The Kier molecular flexibility index (Phi) is 8.73. The molecule has 3 aromatic rings. The zero-order chi connectivity index (χ0) is 26.3. The molecule has 4 heteroatoms. The highest BCUT2D eigenvalue weighted by atomic mass is 16.5. The Balaban J connectivity index is 1.86. The summed E-state index contributed by atoms with van der Waals surface area (Å²) in [6.07, 6.45) is 3.70. The smallest absolute Gasteiger partial charge is 0.343 e. The quantitative estimate of drug-likeness (QED) is 0.155. The van der Waals surface area contributed by atoms with Crippen molar-refractivity contribution in [2.24, 2.45) is 5.41 Å². The molecule has 0 spiro atoms. The van der Waals surface area contributed by atoms with Gasteiger partial charge >= 0.3 is 5.97 Å². The number of Topliss-reactive ketones (excluding diaryl/α,β-unsaturated/α-hetero) is 1. The number of benzene rings is 3. The van der Waals surface area contributed by atoms with Gasteiger partial charge in [-0.05, 0) is 62.6 Å². The summed E-state index contributed by atoms with van der Waals surface area (Å²) in [6, 6.07) is 22.1. The summed E-state index contributed by atoms with van der Waals surface area (Å²) in [5.41, 5.74) is 1.97. The van der Waals surface area contributed by atoms with Crippen LogP contribution < -0.4 is 9.47 Å². The highest BCUT2D eigenvalue weighted by Crippen LogP contribution is 2.36. The summed E-state index contributed by atoms with van der Waals surface area (Å²) in [4.78, 5) is 25.9. The lowest BCUT2D eigenvalue weighted by Gasteiger charge is -2.26. The highest BCUT2D eigenvalue weighted by molar-refractivity contribution is 6.01. The van der Waals surface area contributed by atoms with Crippen LogP contribution in [0, 0.1) is 5.41 Å². The van der Waals surface area contributed by atoms with Crippen LogP contribution in [0.25, 0.3) is 11.1 Å². The zero-order valence-electron chi connectivity index (χ0n) is 22.4. The van der Waals surface area contributed by atoms with E-state index in [0.717, 1.165) is 42.6 Å². The third-order valence-corrected chi connectivity index (χ3v) is 6.36. The fourth-order valence-corrected chi connectivity index (χ4v) is 4.52. The Morgan fingerprint density at radius 1 is 0.750 bits per heavy atom. The molecule has 0 heterocycles. The average Bonchev–Trinajstić information content (AvgIpc) is 2.84. The molecule has 0 unspecified atom stereocenters. The van der Waals surface area contributed by atoms with E-state index in [1.807, 2.05) is 56.3 Å². The van der Waals surface area contributed by atoms with Gasteiger partial charge in [0.05, 0.1) is 5.56 Å². The molecule has 4 nitrogen and oxygen atoms in total. The second kappa shape index (κ2) is 11.6. The van der Waals surface area contributed by atoms with Gasteiger partial charge in [0.15, 0.2) is 5.78 Å². The molecule has 0 atom stereocenters. The summed E-state index contributed by atoms with van der Waals surface area (Å²) in [5, 5.41) is 0. The first-order valence-corrected chi connectivity index (χ1v) is 12.8. The van der Waals surface area contributed by atoms with E-state index in [0.29, 0.717) is 16.9 Å². The molecule has 0 N–H and O–H groups in total. The molecule has 0 saturated carbocycles. The molecule has 3 rings (SSSR count). The molecule has 3 aromatic carbocycles. The third-order valence-electron chi connectivity index (χ3n) is 6.36. The van der Waals surface area contributed by atoms with E-state index in [1.165, 1.54) is 0 Å². The van der Waals surface area contributed by atoms with Gasteiger partial charge in [-0.25, -0.2) is 4.79 Å². The van der Waals surface area contributed by atoms with Gasteiger partial charge in [0.2, 0.25) is 0 Å². The summed E-state index contributed by atoms with van der Waals surface area (Å²) in [7, 11) is 0. The van der Waals surface area contributed by atoms with Crippen molar-refractivity contribution in [1.29, 1.82) is 0 Å². The minimum Gasteiger partial charge on any atom is -0.488 e. The van der Waals surface area contributed by atoms with Crippen LogP contribution in [0.1, 0.15) is 87.9 Å². The average molecular weight is 487 g/mol. The molecular weight excluding hydrogens is 448 g/mol. The van der Waals surface area contributed by atoms with Crippen LogP contribution >= 0.6 is 0 Å². The number of esters is 1. The van der Waals surface area contributed by atoms with Crippen LogP contribution in [0.15, 0.2) is 72.8 Å². The lowest BCUT2D eigenvalue weighted by atomic mass is 9.80. The topological polar surface area (TPSA) is 52.6 Å². The first-order valence-electron chi connectivity index (χ1n) is 12.8. The van der Waals surface area contributed by atoms with E-state index in [4.69, 9.17) is 9.47 Å². The maximum atomic E-state index is 13.0. The van der Waals surface area contributed by atoms with Crippen LogP contribution in [0.2, 0.25) is 0 Å². The number of ether oxygens (including phenoxy) is 2. The fourth-order valence-electron chi connectivity index (χ4n) is 4.52. The van der Waals surface area contributed by atoms with Crippen molar-refractivity contribution < 1.29 is 19.1 Å². The molecule has 0 bridgehead atoms. The number of hydrogen-bond acceptors (Lipinski definition) is 4. The summed E-state index contributed by atoms with van der Waals surface area (Å²) in [5.74, 6) is 0.789. The van der Waals surface area contributed by atoms with Crippen molar-refractivity contribution in [2.75, 3.05) is 0 Å². The van der Waals surface area contributed by atoms with Crippen molar-refractivity contribution >= 4 is 11.8 Å². The number of ketones is 1. The van der Waals surface area contributed by atoms with Crippen LogP contribution in [0.3, 0.4) is 0 Å². The van der Waals surface area contributed by atoms with Crippen LogP contribution in [-0.2, 0) is 0 Å². The maximum Gasteiger partial charge on any atom is 0.343 e. The lowest BCUT2D eigenvalue weighted by molar-refractivity contribution is 0.0732. The van der Waals surface area contributed by atoms with Gasteiger partial charge in [-0.2, -0.15) is 0 Å². The first kappa shape index (κ1) is 27.2. The highest BCUT2D eigenvalue weighted by Gasteiger charge is 2.27. The SMILES string of the molecule is CCCC(C)(C)Oc1ccc(OC(=O)c2ccc(C(=O)C(C)(C)CCC)cc2)c(-c2ccccc2)c1. The van der Waals surface area contributed by atoms with E-state index in [-0.39, 0.29) is 11.4 Å². The normalized spacial score (nSPS) is 11.7. The molecule has 190 valence electrons. The summed E-state index contributed by atoms with van der Waals surface area (Å²) in [6.45, 7) is 12.3. The van der Waals surface area contributed by atoms with Gasteiger partial charge < -0.3 is 9.47 Å². The Bertz CT molecular complexity index is 1170. The van der Waals surface area contributed by atoms with Gasteiger partial charge in [0.25, 0.3) is 0 Å². The summed E-state index contributed by atoms with van der Waals surface area (Å²) >= 11 is 0. The van der Waals surface area contributed by atoms with Gasteiger partial charge in [-0.1, -0.05) is 83.0 Å². The summed E-state index contributed by atoms with van der Waals surface area (Å²) < 4.78 is 12.1. The molecule has 0 aromatic heterocycles. The van der Waals surface area contributed by atoms with Gasteiger partial charge in [-0.3, -0.25) is 4.79 Å². The third kappa shape index (κ3) is 6.84. The molecule has 0 saturated heterocycles. The molecule has 0 aliphatic rings. The zero-order valence-corrected chi connectivity index (χ0v) is 22.4. The predicted octanol–water partition coefficient (Wildman–Crippen LogP) is 8.54. The second-order valence-electron chi connectivity index (χ2n) is 10.6. The lowest BCUT2D eigenvalue weighted by Crippen LogP contribution is -2.27. The predicted molar refractivity (Wildman–Crippen MR) is 146 cm³/mol. The van der Waals surface area contributed by atoms with E-state index in [9.17, 15) is 9.59 Å². The Morgan fingerprint density at radius 2 is 1.36 bits per heavy atom. The molecule has 0 fully saturated rings. The minimum atomic E-state index is -0.473. The molecule has 36 heavy (non-hydrogen) atoms. The van der Waals surface area contributed by atoms with Crippen molar-refractivity contribution in [2.45, 2.75) is 72.8 Å². The Labute approximate surface area is 215 Å². The number of rotatable bonds is 11. The standard InChI is InChI=1S/C32H38O4/c1-7-20-31(3,4)29(33)24-14-16-25(17-15-24)30(34)35-28-19-18-26(36-32(5,6)21-8-2)22-27(28)23-12-10-9-11-13-23/h9-19,22H,7-8,20-21H2,1-6H3. The molecule has 0 aliphatic heterocycles. The van der Waals surface area contributed by atoms with Crippen molar-refractivity contribution in [3.63, 3.8) is 0 Å². The van der Waals surface area contributed by atoms with Crippen LogP contribution in [0.5, 0.6) is 11.5 Å². The largest absolute Gasteiger partial charge is 0.488 e. The van der Waals surface area contributed by atoms with Gasteiger partial charge in [-0.15, -0.1) is 0 Å². The first-order chi connectivity index (χ1) is 17.1. The number of carbonyl (C=O) groups is 2. The van der Waals surface area contributed by atoms with E-state index >= 15 is 0 Å². The van der Waals surface area contributed by atoms with E-state index < -0.39 is 11.4 Å². The van der Waals surface area contributed by atoms with Crippen molar-refractivity contribution in [1.82, 2.24) is 0 Å². The van der Waals surface area contributed by atoms with Crippen LogP contribution in [-0.4, -0.2) is 17.4 Å². The number of carbonyl (C=O) groups excluding carboxylic acids is 2. The number of hydrogen-bond donors (Lipinski definition) is 0. The monoisotopic (exact) mass is 486 g/mol. The Hall–Kier alpha value is -3.40. The van der Waals surface area contributed by atoms with E-state index in [2.05, 4.69) is 27.7 Å². The van der Waals surface area contributed by atoms with Gasteiger partial charge in [0.1, 0.15) is 17.1 Å². The van der Waals surface area contributed by atoms with Crippen molar-refractivity contribution in [3.05, 3.63) is 83.9 Å². The Morgan fingerprint density at radius 3 is 1.97 bits per heavy atom. The van der Waals surface area contributed by atoms with Gasteiger partial charge in [0, 0.05) is 16.5 Å². The van der Waals surface area contributed by atoms with Crippen molar-refractivity contribution in [3.8, 4) is 22.6 Å². The second-order valence-corrected chi connectivity index (χ2v) is 10.6.